The molecule has 1 aliphatic carbocycles. The normalized spacial score (nSPS) is 26.1. The molecule has 4 N–H and O–H groups in total. The molecule has 3 fully saturated rings. The molecular formula is C33H34N6. The molecule has 1 spiro atoms. The van der Waals surface area contributed by atoms with Gasteiger partial charge in [0.25, 0.3) is 0 Å². The molecule has 0 bridgehead atoms. The van der Waals surface area contributed by atoms with E-state index in [1.165, 1.54) is 65.3 Å². The number of nitrogens with zero attached hydrogens (tertiary/aromatic N) is 2. The van der Waals surface area contributed by atoms with Gasteiger partial charge in [-0.3, -0.25) is 4.99 Å². The zero-order chi connectivity index (χ0) is 25.8. The van der Waals surface area contributed by atoms with E-state index >= 15 is 0 Å². The number of fused-ring (bicyclic) bond motifs is 4. The molecule has 4 aromatic rings. The van der Waals surface area contributed by atoms with Gasteiger partial charge in [-0.15, -0.1) is 0 Å². The van der Waals surface area contributed by atoms with Crippen LogP contribution < -0.4 is 16.0 Å². The summed E-state index contributed by atoms with van der Waals surface area (Å²) < 4.78 is 0. The number of rotatable bonds is 4. The van der Waals surface area contributed by atoms with Gasteiger partial charge in [0, 0.05) is 11.8 Å². The molecule has 6 heteroatoms. The number of aromatic nitrogens is 2. The Morgan fingerprint density at radius 3 is 2.33 bits per heavy atom. The van der Waals surface area contributed by atoms with Crippen molar-refractivity contribution in [2.45, 2.75) is 56.1 Å². The van der Waals surface area contributed by atoms with Crippen LogP contribution in [-0.2, 0) is 0 Å². The molecule has 1 saturated carbocycles. The van der Waals surface area contributed by atoms with Crippen molar-refractivity contribution in [2.75, 3.05) is 13.1 Å². The fraction of sp³-hybridized carbons (Fsp3) is 0.333. The Morgan fingerprint density at radius 2 is 1.54 bits per heavy atom. The van der Waals surface area contributed by atoms with Crippen molar-refractivity contribution in [2.24, 2.45) is 4.99 Å². The molecule has 3 aromatic carbocycles. The van der Waals surface area contributed by atoms with E-state index in [9.17, 15) is 0 Å². The maximum absolute atomic E-state index is 5.08. The highest BCUT2D eigenvalue weighted by molar-refractivity contribution is 6.19. The fourth-order valence-corrected chi connectivity index (χ4v) is 6.78. The molecule has 1 aromatic heterocycles. The topological polar surface area (TPSA) is 77.1 Å². The van der Waals surface area contributed by atoms with Crippen molar-refractivity contribution in [1.29, 1.82) is 0 Å². The SMILES string of the molecule is C1=C(c2ccc3cc(-c4ccc(-c5cnc([C@@H]6CCCCN6)[nH]5)cc4)ccc3c2)N=C2C(N1)C21CCCCN1. The number of hydrogen-bond acceptors (Lipinski definition) is 5. The molecule has 4 heterocycles. The lowest BCUT2D eigenvalue weighted by Crippen LogP contribution is -2.42. The van der Waals surface area contributed by atoms with Gasteiger partial charge >= 0.3 is 0 Å². The summed E-state index contributed by atoms with van der Waals surface area (Å²) in [5.41, 5.74) is 8.27. The number of imidazole rings is 1. The van der Waals surface area contributed by atoms with Crippen LogP contribution in [0.25, 0.3) is 38.9 Å². The third-order valence-corrected chi connectivity index (χ3v) is 9.11. The Labute approximate surface area is 229 Å². The number of benzene rings is 3. The number of hydrogen-bond donors (Lipinski definition) is 4. The molecule has 196 valence electrons. The summed E-state index contributed by atoms with van der Waals surface area (Å²) in [7, 11) is 0. The molecule has 8 rings (SSSR count). The summed E-state index contributed by atoms with van der Waals surface area (Å²) in [5.74, 6) is 1.05. The quantitative estimate of drug-likeness (QED) is 0.272. The summed E-state index contributed by atoms with van der Waals surface area (Å²) in [5, 5.41) is 13.4. The highest BCUT2D eigenvalue weighted by atomic mass is 15.2. The third-order valence-electron chi connectivity index (χ3n) is 9.11. The lowest BCUT2D eigenvalue weighted by Gasteiger charge is -2.22. The van der Waals surface area contributed by atoms with E-state index in [1.54, 1.807) is 0 Å². The van der Waals surface area contributed by atoms with Crippen LogP contribution in [0.1, 0.15) is 56.0 Å². The van der Waals surface area contributed by atoms with Gasteiger partial charge in [0.05, 0.1) is 40.9 Å². The smallest absolute Gasteiger partial charge is 0.123 e. The van der Waals surface area contributed by atoms with Crippen LogP contribution in [0.4, 0.5) is 0 Å². The van der Waals surface area contributed by atoms with E-state index in [1.807, 2.05) is 6.20 Å². The van der Waals surface area contributed by atoms with Crippen LogP contribution in [0.15, 0.2) is 78.1 Å². The first-order valence-corrected chi connectivity index (χ1v) is 14.5. The van der Waals surface area contributed by atoms with E-state index in [2.05, 4.69) is 92.8 Å². The van der Waals surface area contributed by atoms with Crippen molar-refractivity contribution in [3.05, 3.63) is 84.4 Å². The van der Waals surface area contributed by atoms with E-state index in [0.29, 0.717) is 12.1 Å². The second-order valence-corrected chi connectivity index (χ2v) is 11.5. The van der Waals surface area contributed by atoms with Crippen molar-refractivity contribution < 1.29 is 0 Å². The average molecular weight is 515 g/mol. The van der Waals surface area contributed by atoms with E-state index < -0.39 is 0 Å². The van der Waals surface area contributed by atoms with Crippen LogP contribution in [-0.4, -0.2) is 40.3 Å². The van der Waals surface area contributed by atoms with Gasteiger partial charge < -0.3 is 20.9 Å². The number of aliphatic imine (C=N–C) groups is 1. The van der Waals surface area contributed by atoms with E-state index in [0.717, 1.165) is 42.3 Å². The van der Waals surface area contributed by atoms with Gasteiger partial charge in [-0.2, -0.15) is 0 Å². The van der Waals surface area contributed by atoms with Crippen LogP contribution in [0.5, 0.6) is 0 Å². The number of H-pyrrole nitrogens is 1. The molecular weight excluding hydrogens is 480 g/mol. The monoisotopic (exact) mass is 514 g/mol. The van der Waals surface area contributed by atoms with Gasteiger partial charge in [0.2, 0.25) is 0 Å². The minimum Gasteiger partial charge on any atom is -0.379 e. The summed E-state index contributed by atoms with van der Waals surface area (Å²) >= 11 is 0. The van der Waals surface area contributed by atoms with E-state index in [4.69, 9.17) is 4.99 Å². The van der Waals surface area contributed by atoms with Crippen LogP contribution in [0.3, 0.4) is 0 Å². The molecule has 6 nitrogen and oxygen atoms in total. The Morgan fingerprint density at radius 1 is 0.769 bits per heavy atom. The predicted molar refractivity (Wildman–Crippen MR) is 158 cm³/mol. The molecule has 2 unspecified atom stereocenters. The highest BCUT2D eigenvalue weighted by Crippen LogP contribution is 2.43. The summed E-state index contributed by atoms with van der Waals surface area (Å²) in [6.07, 6.45) is 11.5. The largest absolute Gasteiger partial charge is 0.379 e. The molecule has 0 radical (unpaired) electrons. The molecule has 3 atom stereocenters. The maximum atomic E-state index is 5.08. The molecule has 39 heavy (non-hydrogen) atoms. The fourth-order valence-electron chi connectivity index (χ4n) is 6.78. The lowest BCUT2D eigenvalue weighted by molar-refractivity contribution is 0.384. The predicted octanol–water partition coefficient (Wildman–Crippen LogP) is 5.95. The first kappa shape index (κ1) is 23.2. The lowest BCUT2D eigenvalue weighted by atomic mass is 9.98. The number of aromatic amines is 1. The second-order valence-electron chi connectivity index (χ2n) is 11.5. The van der Waals surface area contributed by atoms with Gasteiger partial charge in [-0.1, -0.05) is 55.0 Å². The maximum Gasteiger partial charge on any atom is 0.123 e. The molecule has 3 aliphatic heterocycles. The van der Waals surface area contributed by atoms with Crippen LogP contribution >= 0.6 is 0 Å². The Balaban J connectivity index is 1.01. The Bertz CT molecular complexity index is 1600. The zero-order valence-corrected chi connectivity index (χ0v) is 22.1. The Hall–Kier alpha value is -3.74. The minimum absolute atomic E-state index is 0.101. The summed E-state index contributed by atoms with van der Waals surface area (Å²) in [6.45, 7) is 2.17. The first-order chi connectivity index (χ1) is 19.3. The number of piperidine rings is 2. The zero-order valence-electron chi connectivity index (χ0n) is 22.1. The van der Waals surface area contributed by atoms with Crippen molar-refractivity contribution in [1.82, 2.24) is 25.9 Å². The Kier molecular flexibility index (Phi) is 5.45. The number of nitrogens with one attached hydrogen (secondary N) is 4. The molecule has 2 saturated heterocycles. The van der Waals surface area contributed by atoms with Crippen molar-refractivity contribution in [3.63, 3.8) is 0 Å². The highest BCUT2D eigenvalue weighted by Gasteiger charge is 2.62. The van der Waals surface area contributed by atoms with Gasteiger partial charge in [0.15, 0.2) is 0 Å². The molecule has 0 amide bonds. The molecule has 4 aliphatic rings. The minimum atomic E-state index is 0.101. The summed E-state index contributed by atoms with van der Waals surface area (Å²) in [4.78, 5) is 13.3. The van der Waals surface area contributed by atoms with Crippen molar-refractivity contribution >= 4 is 22.2 Å². The summed E-state index contributed by atoms with van der Waals surface area (Å²) in [6, 6.07) is 22.9. The standard InChI is InChI=1S/C33H34N6/c1-3-15-34-27(5-1)32-36-20-28(39-32)22-8-6-21(7-9-22)23-10-11-25-18-26(13-12-24(25)17-23)29-19-35-30-31(38-29)33(30)14-2-4-16-37-33/h6-13,17-20,27,30,34-35,37H,1-5,14-16H2,(H,36,39)/t27-,30?,33?/m0/s1. The second kappa shape index (κ2) is 9.18. The van der Waals surface area contributed by atoms with Crippen LogP contribution in [0.2, 0.25) is 0 Å². The average Bonchev–Trinajstić information content (AvgIpc) is 3.34. The van der Waals surface area contributed by atoms with E-state index in [-0.39, 0.29) is 5.54 Å². The van der Waals surface area contributed by atoms with Gasteiger partial charge in [-0.05, 0) is 84.8 Å². The first-order valence-electron chi connectivity index (χ1n) is 14.5. The van der Waals surface area contributed by atoms with Gasteiger partial charge in [0.1, 0.15) is 5.82 Å². The third kappa shape index (κ3) is 4.01. The van der Waals surface area contributed by atoms with Crippen LogP contribution in [0, 0.1) is 0 Å². The van der Waals surface area contributed by atoms with Crippen molar-refractivity contribution in [3.8, 4) is 22.4 Å². The van der Waals surface area contributed by atoms with Gasteiger partial charge in [-0.25, -0.2) is 4.98 Å².